The summed E-state index contributed by atoms with van der Waals surface area (Å²) < 4.78 is 50.4. The minimum atomic E-state index is -0.750. The molecule has 2 aromatic carbocycles. The van der Waals surface area contributed by atoms with E-state index in [1.165, 1.54) is 12.1 Å². The van der Waals surface area contributed by atoms with Crippen LogP contribution in [0.25, 0.3) is 32.1 Å². The molecule has 0 spiro atoms. The van der Waals surface area contributed by atoms with Crippen molar-refractivity contribution in [1.82, 2.24) is 15.3 Å². The summed E-state index contributed by atoms with van der Waals surface area (Å²) in [6.07, 6.45) is 2.56. The van der Waals surface area contributed by atoms with E-state index < -0.39 is 11.6 Å². The highest BCUT2D eigenvalue weighted by Gasteiger charge is 2.52. The fourth-order valence-corrected chi connectivity index (χ4v) is 8.19. The molecule has 3 saturated heterocycles. The number of nitrogens with one attached hydrogen (secondary N) is 1. The monoisotopic (exact) mass is 610 g/mol. The smallest absolute Gasteiger partial charge is 0.319 e. The first-order chi connectivity index (χ1) is 20.3. The van der Waals surface area contributed by atoms with Crippen molar-refractivity contribution in [3.05, 3.63) is 34.4 Å². The Morgan fingerprint density at radius 3 is 2.90 bits per heavy atom. The summed E-state index contributed by atoms with van der Waals surface area (Å²) in [5.41, 5.74) is 6.20. The molecule has 6 heterocycles. The Bertz CT molecular complexity index is 1850. The van der Waals surface area contributed by atoms with E-state index in [-0.39, 0.29) is 77.7 Å². The van der Waals surface area contributed by atoms with Crippen molar-refractivity contribution in [3.63, 3.8) is 0 Å². The van der Waals surface area contributed by atoms with Crippen molar-refractivity contribution in [1.29, 1.82) is 5.26 Å². The third-order valence-electron chi connectivity index (χ3n) is 9.09. The number of nitrogens with two attached hydrogens (primary N) is 1. The number of nitriles is 1. The van der Waals surface area contributed by atoms with Gasteiger partial charge in [0.2, 0.25) is 0 Å². The summed E-state index contributed by atoms with van der Waals surface area (Å²) in [5, 5.41) is 13.9. The average molecular weight is 611 g/mol. The largest absolute Gasteiger partial charge is 0.484 e. The van der Waals surface area contributed by atoms with Crippen LogP contribution < -0.4 is 25.4 Å². The van der Waals surface area contributed by atoms with Gasteiger partial charge in [0.05, 0.1) is 46.0 Å². The van der Waals surface area contributed by atoms with Crippen LogP contribution in [0.15, 0.2) is 12.1 Å². The molecule has 4 fully saturated rings. The molecule has 42 heavy (non-hydrogen) atoms. The maximum atomic E-state index is 16.9. The highest BCUT2D eigenvalue weighted by molar-refractivity contribution is 7.23. The van der Waals surface area contributed by atoms with Gasteiger partial charge in [0.15, 0.2) is 11.6 Å². The van der Waals surface area contributed by atoms with Gasteiger partial charge in [-0.2, -0.15) is 15.2 Å². The molecule has 4 aromatic rings. The number of hydrogen-bond acceptors (Lipinski definition) is 10. The maximum absolute atomic E-state index is 16.9. The average Bonchev–Trinajstić information content (AvgIpc) is 3.65. The number of halogens is 3. The predicted octanol–water partition coefficient (Wildman–Crippen LogP) is 5.01. The van der Waals surface area contributed by atoms with Crippen LogP contribution in [0.2, 0.25) is 5.02 Å². The molecule has 0 amide bonds. The number of piperidine rings is 1. The molecular formula is C29H25ClF2N6O3S. The first-order valence-electron chi connectivity index (χ1n) is 13.8. The van der Waals surface area contributed by atoms with Crippen LogP contribution in [0, 0.1) is 28.4 Å². The highest BCUT2D eigenvalue weighted by Crippen LogP contribution is 2.52. The zero-order valence-electron chi connectivity index (χ0n) is 22.5. The minimum absolute atomic E-state index is 0.0118. The molecule has 13 heteroatoms. The number of hydrogen-bond donors (Lipinski definition) is 2. The van der Waals surface area contributed by atoms with Crippen LogP contribution in [0.1, 0.15) is 24.8 Å². The Morgan fingerprint density at radius 1 is 1.31 bits per heavy atom. The van der Waals surface area contributed by atoms with Crippen LogP contribution in [0.5, 0.6) is 11.8 Å². The van der Waals surface area contributed by atoms with Gasteiger partial charge in [0, 0.05) is 30.0 Å². The van der Waals surface area contributed by atoms with Crippen LogP contribution in [0.3, 0.4) is 0 Å². The predicted molar refractivity (Wildman–Crippen MR) is 155 cm³/mol. The van der Waals surface area contributed by atoms with Crippen LogP contribution in [0.4, 0.5) is 19.6 Å². The fourth-order valence-electron chi connectivity index (χ4n) is 6.91. The van der Waals surface area contributed by atoms with Gasteiger partial charge in [0.1, 0.15) is 34.3 Å². The van der Waals surface area contributed by atoms with Crippen molar-refractivity contribution in [2.75, 3.05) is 44.0 Å². The Morgan fingerprint density at radius 2 is 2.14 bits per heavy atom. The molecule has 4 aliphatic heterocycles. The number of nitrogen functional groups attached to an aromatic ring is 1. The van der Waals surface area contributed by atoms with Gasteiger partial charge >= 0.3 is 6.01 Å². The second kappa shape index (κ2) is 9.25. The quantitative estimate of drug-likeness (QED) is 0.328. The summed E-state index contributed by atoms with van der Waals surface area (Å²) >= 11 is 7.96. The summed E-state index contributed by atoms with van der Waals surface area (Å²) in [7, 11) is 1.91. The van der Waals surface area contributed by atoms with Crippen molar-refractivity contribution in [3.8, 4) is 29.0 Å². The number of ether oxygens (including phenoxy) is 3. The second-order valence-electron chi connectivity index (χ2n) is 11.6. The van der Waals surface area contributed by atoms with E-state index in [1.807, 2.05) is 18.0 Å². The number of likely N-dealkylation sites (N-methyl/N-ethyl adjacent to an activating group) is 1. The maximum Gasteiger partial charge on any atom is 0.319 e. The molecule has 2 bridgehead atoms. The van der Waals surface area contributed by atoms with Gasteiger partial charge in [-0.25, -0.2) is 8.78 Å². The molecule has 1 saturated carbocycles. The minimum Gasteiger partial charge on any atom is -0.484 e. The Labute approximate surface area is 248 Å². The molecule has 2 unspecified atom stereocenters. The second-order valence-corrected chi connectivity index (χ2v) is 13.0. The number of aromatic nitrogens is 2. The molecule has 216 valence electrons. The van der Waals surface area contributed by atoms with Gasteiger partial charge in [-0.1, -0.05) is 17.7 Å². The zero-order valence-corrected chi connectivity index (χ0v) is 24.0. The normalized spacial score (nSPS) is 26.0. The number of fused-ring (bicyclic) bond motifs is 3. The number of rotatable bonds is 4. The van der Waals surface area contributed by atoms with E-state index in [2.05, 4.69) is 10.3 Å². The number of nitrogens with zero attached hydrogens (tertiary/aromatic N) is 4. The van der Waals surface area contributed by atoms with Crippen LogP contribution in [-0.2, 0) is 4.74 Å². The van der Waals surface area contributed by atoms with E-state index in [9.17, 15) is 9.65 Å². The lowest BCUT2D eigenvalue weighted by molar-refractivity contribution is 0.0785. The standard InChI is InChI=1S/C29H25ClF2N6O3S/c1-38-16-4-5-35-9-17(16)41-24-20-23(36-28(37-27(20)38)40-11-29-6-12(7-29)39-10-29)22(32)19(21(24)30)13-2-3-15(31)25-18(13)14(8-33)26(34)42-25/h2-3,12,16-17,35H,4-7,9-11,34H2,1H3. The summed E-state index contributed by atoms with van der Waals surface area (Å²) in [6.45, 7) is 2.31. The van der Waals surface area contributed by atoms with E-state index in [1.54, 1.807) is 0 Å². The zero-order chi connectivity index (χ0) is 28.9. The van der Waals surface area contributed by atoms with Crippen LogP contribution >= 0.6 is 22.9 Å². The molecule has 3 N–H and O–H groups in total. The SMILES string of the molecule is CN1c2nc(OCC34COC(C3)C4)nc3c(F)c(-c4ccc(F)c5sc(N)c(C#N)c45)c(Cl)c(c23)OC2CNCCC21. The Balaban J connectivity index is 1.38. The highest BCUT2D eigenvalue weighted by atomic mass is 35.5. The fraction of sp³-hybridized carbons (Fsp3) is 0.414. The number of anilines is 2. The Hall–Kier alpha value is -3.50. The molecule has 5 aliphatic rings. The molecule has 9 rings (SSSR count). The number of thiophene rings is 1. The van der Waals surface area contributed by atoms with Gasteiger partial charge in [-0.15, -0.1) is 11.3 Å². The molecule has 1 aliphatic carbocycles. The topological polar surface area (TPSA) is 119 Å². The summed E-state index contributed by atoms with van der Waals surface area (Å²) in [5.74, 6) is -0.623. The van der Waals surface area contributed by atoms with E-state index >= 15 is 4.39 Å². The van der Waals surface area contributed by atoms with E-state index in [4.69, 9.17) is 36.5 Å². The first-order valence-corrected chi connectivity index (χ1v) is 15.0. The third kappa shape index (κ3) is 3.63. The lowest BCUT2D eigenvalue weighted by Crippen LogP contribution is -2.53. The van der Waals surface area contributed by atoms with E-state index in [0.717, 1.165) is 37.1 Å². The third-order valence-corrected chi connectivity index (χ3v) is 10.5. The van der Waals surface area contributed by atoms with Crippen LogP contribution in [-0.4, -0.2) is 61.6 Å². The molecular weight excluding hydrogens is 586 g/mol. The number of benzene rings is 2. The molecule has 0 radical (unpaired) electrons. The summed E-state index contributed by atoms with van der Waals surface area (Å²) in [6, 6.07) is 4.65. The van der Waals surface area contributed by atoms with E-state index in [0.29, 0.717) is 31.0 Å². The first kappa shape index (κ1) is 26.2. The molecule has 9 nitrogen and oxygen atoms in total. The van der Waals surface area contributed by atoms with Gasteiger partial charge in [-0.05, 0) is 37.4 Å². The van der Waals surface area contributed by atoms with Crippen molar-refractivity contribution >= 4 is 54.7 Å². The summed E-state index contributed by atoms with van der Waals surface area (Å²) in [4.78, 5) is 11.3. The molecule has 2 atom stereocenters. The Kier molecular flexibility index (Phi) is 5.76. The van der Waals surface area contributed by atoms with Gasteiger partial charge in [0.25, 0.3) is 0 Å². The van der Waals surface area contributed by atoms with Crippen molar-refractivity contribution in [2.45, 2.75) is 37.5 Å². The lowest BCUT2D eigenvalue weighted by Gasteiger charge is -2.36. The lowest BCUT2D eigenvalue weighted by atomic mass is 9.71. The van der Waals surface area contributed by atoms with Crippen molar-refractivity contribution < 1.29 is 23.0 Å². The van der Waals surface area contributed by atoms with Crippen molar-refractivity contribution in [2.24, 2.45) is 5.41 Å². The van der Waals surface area contributed by atoms with Gasteiger partial charge in [-0.3, -0.25) is 0 Å². The van der Waals surface area contributed by atoms with Gasteiger partial charge < -0.3 is 30.2 Å². The molecule has 2 aromatic heterocycles.